The lowest BCUT2D eigenvalue weighted by Gasteiger charge is -2.12. The van der Waals surface area contributed by atoms with Gasteiger partial charge in [-0.15, -0.1) is 0 Å². The maximum atomic E-state index is 3.49. The Hall–Kier alpha value is -2.54. The Morgan fingerprint density at radius 2 is 1.20 bits per heavy atom. The van der Waals surface area contributed by atoms with E-state index in [0.717, 1.165) is 12.1 Å². The summed E-state index contributed by atoms with van der Waals surface area (Å²) in [6.07, 6.45) is 0.941. The molecule has 0 aliphatic heterocycles. The Labute approximate surface area is 119 Å². The van der Waals surface area contributed by atoms with Crippen molar-refractivity contribution in [1.29, 1.82) is 0 Å². The summed E-state index contributed by atoms with van der Waals surface area (Å²) in [6.45, 7) is 0. The highest BCUT2D eigenvalue weighted by Gasteiger charge is 2.03. The number of para-hydroxylation sites is 2. The fourth-order valence-electron chi connectivity index (χ4n) is 2.29. The van der Waals surface area contributed by atoms with E-state index in [2.05, 4.69) is 72.0 Å². The molecule has 1 N–H and O–H groups in total. The molecule has 0 aliphatic carbocycles. The van der Waals surface area contributed by atoms with Crippen LogP contribution in [-0.4, -0.2) is 0 Å². The van der Waals surface area contributed by atoms with Crippen LogP contribution in [0.2, 0.25) is 0 Å². The normalized spacial score (nSPS) is 10.2. The number of hydrogen-bond donors (Lipinski definition) is 1. The third-order valence-electron chi connectivity index (χ3n) is 3.31. The van der Waals surface area contributed by atoms with Crippen LogP contribution in [0.25, 0.3) is 0 Å². The molecule has 0 aliphatic rings. The van der Waals surface area contributed by atoms with Crippen molar-refractivity contribution in [3.05, 3.63) is 96.1 Å². The van der Waals surface area contributed by atoms with E-state index >= 15 is 0 Å². The summed E-state index contributed by atoms with van der Waals surface area (Å²) in [4.78, 5) is 0. The van der Waals surface area contributed by atoms with E-state index in [-0.39, 0.29) is 0 Å². The van der Waals surface area contributed by atoms with Gasteiger partial charge in [0.2, 0.25) is 0 Å². The van der Waals surface area contributed by atoms with Crippen LogP contribution >= 0.6 is 0 Å². The Morgan fingerprint density at radius 3 is 1.95 bits per heavy atom. The lowest BCUT2D eigenvalue weighted by molar-refractivity contribution is 1.19. The number of nitrogens with one attached hydrogen (secondary N) is 1. The summed E-state index contributed by atoms with van der Waals surface area (Å²) >= 11 is 0. The molecule has 3 rings (SSSR count). The summed E-state index contributed by atoms with van der Waals surface area (Å²) in [6, 6.07) is 29.3. The molecule has 98 valence electrons. The molecule has 3 aromatic carbocycles. The van der Waals surface area contributed by atoms with E-state index in [9.17, 15) is 0 Å². The molecule has 0 aromatic heterocycles. The molecular weight excluding hydrogens is 242 g/mol. The molecule has 1 nitrogen and oxygen atoms in total. The molecule has 0 bridgehead atoms. The Balaban J connectivity index is 1.85. The van der Waals surface area contributed by atoms with Crippen LogP contribution < -0.4 is 5.32 Å². The molecule has 0 spiro atoms. The number of rotatable bonds is 4. The monoisotopic (exact) mass is 259 g/mol. The highest BCUT2D eigenvalue weighted by Crippen LogP contribution is 2.23. The second-order valence-corrected chi connectivity index (χ2v) is 4.81. The molecule has 1 heteroatoms. The quantitative estimate of drug-likeness (QED) is 0.693. The smallest absolute Gasteiger partial charge is 0.0420 e. The molecule has 0 atom stereocenters. The third-order valence-corrected chi connectivity index (χ3v) is 3.31. The molecule has 0 radical (unpaired) electrons. The second-order valence-electron chi connectivity index (χ2n) is 4.81. The van der Waals surface area contributed by atoms with Crippen molar-refractivity contribution in [1.82, 2.24) is 0 Å². The van der Waals surface area contributed by atoms with Gasteiger partial charge in [-0.1, -0.05) is 66.7 Å². The van der Waals surface area contributed by atoms with E-state index in [1.165, 1.54) is 16.8 Å². The Morgan fingerprint density at radius 1 is 0.600 bits per heavy atom. The van der Waals surface area contributed by atoms with Crippen molar-refractivity contribution in [2.45, 2.75) is 6.42 Å². The van der Waals surface area contributed by atoms with Gasteiger partial charge in [-0.3, -0.25) is 0 Å². The number of benzene rings is 3. The highest BCUT2D eigenvalue weighted by molar-refractivity contribution is 5.63. The van der Waals surface area contributed by atoms with Crippen molar-refractivity contribution in [3.63, 3.8) is 0 Å². The topological polar surface area (TPSA) is 12.0 Å². The van der Waals surface area contributed by atoms with Crippen LogP contribution in [0.5, 0.6) is 0 Å². The van der Waals surface area contributed by atoms with Crippen LogP contribution in [-0.2, 0) is 6.42 Å². The van der Waals surface area contributed by atoms with E-state index in [1.807, 2.05) is 18.2 Å². The van der Waals surface area contributed by atoms with E-state index in [0.29, 0.717) is 0 Å². The summed E-state index contributed by atoms with van der Waals surface area (Å²) in [5.41, 5.74) is 4.92. The van der Waals surface area contributed by atoms with Gasteiger partial charge >= 0.3 is 0 Å². The first-order valence-corrected chi connectivity index (χ1v) is 6.86. The van der Waals surface area contributed by atoms with Crippen molar-refractivity contribution in [3.8, 4) is 0 Å². The van der Waals surface area contributed by atoms with Gasteiger partial charge in [-0.2, -0.15) is 0 Å². The van der Waals surface area contributed by atoms with Crippen molar-refractivity contribution >= 4 is 11.4 Å². The molecule has 0 amide bonds. The zero-order chi connectivity index (χ0) is 13.6. The molecule has 3 aromatic rings. The van der Waals surface area contributed by atoms with Crippen LogP contribution in [0, 0.1) is 0 Å². The van der Waals surface area contributed by atoms with Gasteiger partial charge in [0.1, 0.15) is 0 Å². The molecule has 20 heavy (non-hydrogen) atoms. The standard InChI is InChI=1S/C19H17N/c1-3-9-16(10-4-1)15-17-11-7-8-14-19(17)20-18-12-5-2-6-13-18/h1-14,20H,15H2. The maximum Gasteiger partial charge on any atom is 0.0420 e. The van der Waals surface area contributed by atoms with Crippen LogP contribution in [0.1, 0.15) is 11.1 Å². The minimum absolute atomic E-state index is 0.941. The fraction of sp³-hybridized carbons (Fsp3) is 0.0526. The van der Waals surface area contributed by atoms with E-state index < -0.39 is 0 Å². The second kappa shape index (κ2) is 6.07. The van der Waals surface area contributed by atoms with Gasteiger partial charge in [-0.05, 0) is 35.7 Å². The molecule has 0 heterocycles. The fourth-order valence-corrected chi connectivity index (χ4v) is 2.29. The van der Waals surface area contributed by atoms with Crippen LogP contribution in [0.15, 0.2) is 84.9 Å². The number of hydrogen-bond acceptors (Lipinski definition) is 1. The van der Waals surface area contributed by atoms with Gasteiger partial charge in [-0.25, -0.2) is 0 Å². The van der Waals surface area contributed by atoms with E-state index in [4.69, 9.17) is 0 Å². The predicted molar refractivity (Wildman–Crippen MR) is 85.4 cm³/mol. The minimum Gasteiger partial charge on any atom is -0.355 e. The first-order valence-electron chi connectivity index (χ1n) is 6.86. The first kappa shape index (κ1) is 12.5. The van der Waals surface area contributed by atoms with Crippen LogP contribution in [0.3, 0.4) is 0 Å². The zero-order valence-corrected chi connectivity index (χ0v) is 11.3. The van der Waals surface area contributed by atoms with Gasteiger partial charge in [0.25, 0.3) is 0 Å². The van der Waals surface area contributed by atoms with Gasteiger partial charge in [0, 0.05) is 11.4 Å². The van der Waals surface area contributed by atoms with Crippen LogP contribution in [0.4, 0.5) is 11.4 Å². The van der Waals surface area contributed by atoms with Gasteiger partial charge in [0.15, 0.2) is 0 Å². The number of anilines is 2. The predicted octanol–water partition coefficient (Wildman–Crippen LogP) is 5.02. The lowest BCUT2D eigenvalue weighted by atomic mass is 10.0. The van der Waals surface area contributed by atoms with Crippen molar-refractivity contribution in [2.24, 2.45) is 0 Å². The SMILES string of the molecule is c1ccc(Cc2ccccc2Nc2ccccc2)cc1. The first-order chi connectivity index (χ1) is 9.92. The average Bonchev–Trinajstić information content (AvgIpc) is 2.51. The third kappa shape index (κ3) is 3.07. The highest BCUT2D eigenvalue weighted by atomic mass is 14.9. The van der Waals surface area contributed by atoms with Crippen molar-refractivity contribution in [2.75, 3.05) is 5.32 Å². The summed E-state index contributed by atoms with van der Waals surface area (Å²) in [5, 5.41) is 3.49. The van der Waals surface area contributed by atoms with Crippen molar-refractivity contribution < 1.29 is 0 Å². The Kier molecular flexibility index (Phi) is 3.79. The summed E-state index contributed by atoms with van der Waals surface area (Å²) in [7, 11) is 0. The Bertz CT molecular complexity index is 599. The maximum absolute atomic E-state index is 3.49. The summed E-state index contributed by atoms with van der Waals surface area (Å²) in [5.74, 6) is 0. The molecular formula is C19H17N. The van der Waals surface area contributed by atoms with E-state index in [1.54, 1.807) is 0 Å². The molecule has 0 saturated carbocycles. The lowest BCUT2D eigenvalue weighted by Crippen LogP contribution is -1.96. The largest absolute Gasteiger partial charge is 0.355 e. The minimum atomic E-state index is 0.941. The summed E-state index contributed by atoms with van der Waals surface area (Å²) < 4.78 is 0. The molecule has 0 saturated heterocycles. The molecule has 0 unspecified atom stereocenters. The van der Waals surface area contributed by atoms with Gasteiger partial charge < -0.3 is 5.32 Å². The zero-order valence-electron chi connectivity index (χ0n) is 11.3. The van der Waals surface area contributed by atoms with Gasteiger partial charge in [0.05, 0.1) is 0 Å². The molecule has 0 fully saturated rings. The average molecular weight is 259 g/mol.